The van der Waals surface area contributed by atoms with Crippen molar-refractivity contribution in [3.05, 3.63) is 60.4 Å². The fourth-order valence-corrected chi connectivity index (χ4v) is 7.47. The van der Waals surface area contributed by atoms with E-state index in [0.717, 1.165) is 51.7 Å². The number of carbonyl (C=O) groups excluding carboxylic acids is 2. The van der Waals surface area contributed by atoms with Gasteiger partial charge in [0.2, 0.25) is 5.91 Å². The Bertz CT molecular complexity index is 1210. The molecule has 1 N–H and O–H groups in total. The molecule has 5 nitrogen and oxygen atoms in total. The Kier molecular flexibility index (Phi) is 8.02. The van der Waals surface area contributed by atoms with Gasteiger partial charge in [0.05, 0.1) is 24.1 Å². The molecule has 1 aliphatic rings. The Balaban J connectivity index is 1.42. The van der Waals surface area contributed by atoms with Crippen LogP contribution in [0.5, 0.6) is 0 Å². The van der Waals surface area contributed by atoms with Crippen molar-refractivity contribution in [2.24, 2.45) is 0 Å². The lowest BCUT2D eigenvalue weighted by Crippen LogP contribution is -2.16. The lowest BCUT2D eigenvalue weighted by atomic mass is 9.95. The molecule has 10 heteroatoms. The number of methoxy groups -OCH3 is 1. The maximum Gasteiger partial charge on any atom is 0.341 e. The zero-order valence-corrected chi connectivity index (χ0v) is 22.1. The van der Waals surface area contributed by atoms with Gasteiger partial charge in [0.15, 0.2) is 4.34 Å². The highest BCUT2D eigenvalue weighted by atomic mass is 35.5. The molecule has 0 aliphatic heterocycles. The SMILES string of the molecule is COC(=O)c1c(NC(=O)CSc2nc(C)c(Cc3cc(Cl)ccc3Cl)s2)sc2c1CCCC2. The molecule has 0 spiro atoms. The second kappa shape index (κ2) is 10.8. The van der Waals surface area contributed by atoms with Crippen LogP contribution in [0.2, 0.25) is 10.0 Å². The molecule has 0 bridgehead atoms. The average Bonchev–Trinajstić information content (AvgIpc) is 3.33. The number of thioether (sulfide) groups is 1. The fraction of sp³-hybridized carbons (Fsp3) is 0.348. The minimum Gasteiger partial charge on any atom is -0.465 e. The van der Waals surface area contributed by atoms with Crippen LogP contribution in [-0.4, -0.2) is 29.7 Å². The van der Waals surface area contributed by atoms with E-state index in [1.54, 1.807) is 23.5 Å². The third-order valence-corrected chi connectivity index (χ3v) is 9.48. The first-order chi connectivity index (χ1) is 15.9. The van der Waals surface area contributed by atoms with Crippen LogP contribution in [0.1, 0.15) is 49.8 Å². The van der Waals surface area contributed by atoms with Crippen molar-refractivity contribution in [1.82, 2.24) is 4.98 Å². The predicted octanol–water partition coefficient (Wildman–Crippen LogP) is 6.81. The predicted molar refractivity (Wildman–Crippen MR) is 138 cm³/mol. The summed E-state index contributed by atoms with van der Waals surface area (Å²) in [7, 11) is 1.37. The van der Waals surface area contributed by atoms with Gasteiger partial charge in [-0.2, -0.15) is 0 Å². The summed E-state index contributed by atoms with van der Waals surface area (Å²) in [5, 5.41) is 4.83. The molecule has 4 rings (SSSR count). The molecule has 2 aromatic heterocycles. The van der Waals surface area contributed by atoms with Crippen molar-refractivity contribution in [3.8, 4) is 0 Å². The zero-order valence-electron chi connectivity index (χ0n) is 18.1. The molecule has 174 valence electrons. The molecule has 3 aromatic rings. The van der Waals surface area contributed by atoms with E-state index in [2.05, 4.69) is 10.3 Å². The Hall–Kier alpha value is -1.58. The molecule has 0 atom stereocenters. The number of benzene rings is 1. The fourth-order valence-electron chi connectivity index (χ4n) is 3.74. The Labute approximate surface area is 214 Å². The second-order valence-electron chi connectivity index (χ2n) is 7.64. The summed E-state index contributed by atoms with van der Waals surface area (Å²) < 4.78 is 5.79. The van der Waals surface area contributed by atoms with Crippen molar-refractivity contribution in [3.63, 3.8) is 0 Å². The maximum absolute atomic E-state index is 12.7. The van der Waals surface area contributed by atoms with Crippen LogP contribution >= 0.6 is 57.6 Å². The second-order valence-corrected chi connectivity index (χ2v) is 11.9. The lowest BCUT2D eigenvalue weighted by Gasteiger charge is -2.11. The highest BCUT2D eigenvalue weighted by Gasteiger charge is 2.27. The Morgan fingerprint density at radius 1 is 1.21 bits per heavy atom. The Morgan fingerprint density at radius 2 is 2.00 bits per heavy atom. The molecular weight excluding hydrogens is 519 g/mol. The van der Waals surface area contributed by atoms with Crippen LogP contribution in [0.15, 0.2) is 22.5 Å². The lowest BCUT2D eigenvalue weighted by molar-refractivity contribution is -0.113. The number of ether oxygens (including phenoxy) is 1. The van der Waals surface area contributed by atoms with E-state index in [1.807, 2.05) is 13.0 Å². The standard InChI is InChI=1S/C23H22Cl2N2O3S3/c1-12-18(10-13-9-14(24)7-8-16(13)25)33-23(26-12)31-11-19(28)27-21-20(22(29)30-2)15-5-3-4-6-17(15)32-21/h7-9H,3-6,10-11H2,1-2H3,(H,27,28). The number of fused-ring (bicyclic) bond motifs is 1. The molecule has 0 saturated heterocycles. The zero-order chi connectivity index (χ0) is 23.5. The van der Waals surface area contributed by atoms with E-state index in [4.69, 9.17) is 27.9 Å². The third kappa shape index (κ3) is 5.74. The van der Waals surface area contributed by atoms with Crippen LogP contribution in [0.3, 0.4) is 0 Å². The van der Waals surface area contributed by atoms with Crippen molar-refractivity contribution in [2.45, 2.75) is 43.4 Å². The van der Waals surface area contributed by atoms with Gasteiger partial charge in [-0.05, 0) is 61.9 Å². The molecule has 0 saturated carbocycles. The van der Waals surface area contributed by atoms with E-state index >= 15 is 0 Å². The van der Waals surface area contributed by atoms with E-state index < -0.39 is 5.97 Å². The average molecular weight is 542 g/mol. The summed E-state index contributed by atoms with van der Waals surface area (Å²) in [5.41, 5.74) is 3.40. The number of aryl methyl sites for hydroxylation is 2. The number of halogens is 2. The number of amides is 1. The van der Waals surface area contributed by atoms with E-state index in [-0.39, 0.29) is 11.7 Å². The van der Waals surface area contributed by atoms with Gasteiger partial charge in [-0.1, -0.05) is 35.0 Å². The maximum atomic E-state index is 12.7. The number of hydrogen-bond acceptors (Lipinski definition) is 7. The molecule has 2 heterocycles. The first kappa shape index (κ1) is 24.5. The highest BCUT2D eigenvalue weighted by Crippen LogP contribution is 2.39. The van der Waals surface area contributed by atoms with Crippen molar-refractivity contribution < 1.29 is 14.3 Å². The minimum absolute atomic E-state index is 0.170. The van der Waals surface area contributed by atoms with Crippen LogP contribution in [0, 0.1) is 6.92 Å². The largest absolute Gasteiger partial charge is 0.465 e. The number of nitrogens with one attached hydrogen (secondary N) is 1. The molecular formula is C23H22Cl2N2O3S3. The topological polar surface area (TPSA) is 68.3 Å². The molecule has 0 fully saturated rings. The molecule has 33 heavy (non-hydrogen) atoms. The van der Waals surface area contributed by atoms with Gasteiger partial charge >= 0.3 is 5.97 Å². The summed E-state index contributed by atoms with van der Waals surface area (Å²) in [6.45, 7) is 1.95. The van der Waals surface area contributed by atoms with E-state index in [1.165, 1.54) is 35.1 Å². The van der Waals surface area contributed by atoms with Gasteiger partial charge < -0.3 is 10.1 Å². The first-order valence-electron chi connectivity index (χ1n) is 10.4. The van der Waals surface area contributed by atoms with E-state index in [9.17, 15) is 9.59 Å². The number of thiophene rings is 1. The van der Waals surface area contributed by atoms with Crippen molar-refractivity contribution in [2.75, 3.05) is 18.2 Å². The Morgan fingerprint density at radius 3 is 2.79 bits per heavy atom. The molecule has 0 unspecified atom stereocenters. The van der Waals surface area contributed by atoms with E-state index in [0.29, 0.717) is 27.0 Å². The number of aromatic nitrogens is 1. The first-order valence-corrected chi connectivity index (χ1v) is 13.8. The number of esters is 1. The quantitative estimate of drug-likeness (QED) is 0.263. The van der Waals surface area contributed by atoms with Crippen LogP contribution in [0.4, 0.5) is 5.00 Å². The van der Waals surface area contributed by atoms with Crippen molar-refractivity contribution >= 4 is 74.5 Å². The van der Waals surface area contributed by atoms with Crippen LogP contribution in [0.25, 0.3) is 0 Å². The summed E-state index contributed by atoms with van der Waals surface area (Å²) in [4.78, 5) is 31.9. The number of thiazole rings is 1. The summed E-state index contributed by atoms with van der Waals surface area (Å²) in [6, 6.07) is 5.42. The summed E-state index contributed by atoms with van der Waals surface area (Å²) in [5.74, 6) is -0.360. The molecule has 0 radical (unpaired) electrons. The monoisotopic (exact) mass is 540 g/mol. The number of anilines is 1. The molecule has 1 aromatic carbocycles. The normalized spacial score (nSPS) is 13.0. The number of nitrogens with zero attached hydrogens (tertiary/aromatic N) is 1. The van der Waals surface area contributed by atoms with Gasteiger partial charge in [-0.15, -0.1) is 22.7 Å². The van der Waals surface area contributed by atoms with Crippen LogP contribution < -0.4 is 5.32 Å². The number of carbonyl (C=O) groups is 2. The van der Waals surface area contributed by atoms with Gasteiger partial charge in [0.1, 0.15) is 5.00 Å². The molecule has 1 amide bonds. The highest BCUT2D eigenvalue weighted by molar-refractivity contribution is 8.01. The smallest absolute Gasteiger partial charge is 0.341 e. The minimum atomic E-state index is -0.391. The van der Waals surface area contributed by atoms with Gasteiger partial charge in [0.25, 0.3) is 0 Å². The number of hydrogen-bond donors (Lipinski definition) is 1. The summed E-state index contributed by atoms with van der Waals surface area (Å²) >= 11 is 16.8. The third-order valence-electron chi connectivity index (χ3n) is 5.37. The van der Waals surface area contributed by atoms with Gasteiger partial charge in [0, 0.05) is 26.2 Å². The molecule has 1 aliphatic carbocycles. The summed E-state index contributed by atoms with van der Waals surface area (Å²) in [6.07, 6.45) is 4.57. The van der Waals surface area contributed by atoms with Gasteiger partial charge in [-0.25, -0.2) is 9.78 Å². The van der Waals surface area contributed by atoms with Crippen LogP contribution in [-0.2, 0) is 28.8 Å². The van der Waals surface area contributed by atoms with Gasteiger partial charge in [-0.3, -0.25) is 4.79 Å². The van der Waals surface area contributed by atoms with Crippen molar-refractivity contribution in [1.29, 1.82) is 0 Å². The number of rotatable bonds is 7.